The van der Waals surface area contributed by atoms with E-state index in [4.69, 9.17) is 32.5 Å². The number of nitrogen functional groups attached to an aromatic ring is 2. The van der Waals surface area contributed by atoms with Gasteiger partial charge < -0.3 is 25.8 Å². The number of ether oxygens (including phenoxy) is 2. The molecule has 1 aromatic carbocycles. The third-order valence-electron chi connectivity index (χ3n) is 6.63. The Morgan fingerprint density at radius 2 is 2.18 bits per heavy atom. The molecule has 0 amide bonds. The number of thiophene rings is 1. The third kappa shape index (κ3) is 4.09. The number of nitrogens with zero attached hydrogens (tertiary/aromatic N) is 5. The number of hydrogen-bond donors (Lipinski definition) is 2. The summed E-state index contributed by atoms with van der Waals surface area (Å²) in [5, 5.41) is 10.6. The first-order valence-corrected chi connectivity index (χ1v) is 12.9. The molecule has 3 aromatic heterocycles. The van der Waals surface area contributed by atoms with Gasteiger partial charge in [-0.1, -0.05) is 36.9 Å². The van der Waals surface area contributed by atoms with Gasteiger partial charge in [0.2, 0.25) is 0 Å². The number of anilines is 3. The van der Waals surface area contributed by atoms with Crippen molar-refractivity contribution in [3.05, 3.63) is 68.3 Å². The summed E-state index contributed by atoms with van der Waals surface area (Å²) in [5.74, 6) is 0.164. The van der Waals surface area contributed by atoms with E-state index in [1.165, 1.54) is 13.2 Å². The Kier molecular flexibility index (Phi) is 6.76. The van der Waals surface area contributed by atoms with Crippen LogP contribution in [-0.2, 0) is 0 Å². The van der Waals surface area contributed by atoms with Crippen LogP contribution in [0.25, 0.3) is 23.1 Å². The van der Waals surface area contributed by atoms with E-state index in [2.05, 4.69) is 34.2 Å². The van der Waals surface area contributed by atoms with Crippen LogP contribution in [0.1, 0.15) is 29.7 Å². The number of allylic oxidation sites excluding steroid dienone is 1. The van der Waals surface area contributed by atoms with Gasteiger partial charge in [0.05, 0.1) is 35.7 Å². The zero-order valence-corrected chi connectivity index (χ0v) is 22.7. The second-order valence-corrected chi connectivity index (χ2v) is 10.2. The molecule has 198 valence electrons. The first-order valence-electron chi connectivity index (χ1n) is 11.7. The van der Waals surface area contributed by atoms with Gasteiger partial charge >= 0.3 is 6.01 Å². The van der Waals surface area contributed by atoms with Crippen molar-refractivity contribution in [2.24, 2.45) is 0 Å². The highest BCUT2D eigenvalue weighted by molar-refractivity contribution is 7.14. The van der Waals surface area contributed by atoms with Crippen molar-refractivity contribution < 1.29 is 13.9 Å². The minimum absolute atomic E-state index is 0.0200. The molecule has 0 bridgehead atoms. The first-order chi connectivity index (χ1) is 18.7. The van der Waals surface area contributed by atoms with Gasteiger partial charge in [0.25, 0.3) is 0 Å². The minimum Gasteiger partial charge on any atom is -0.489 e. The average Bonchev–Trinajstić information content (AvgIpc) is 3.08. The fourth-order valence-electron chi connectivity index (χ4n) is 4.81. The highest BCUT2D eigenvalue weighted by Gasteiger charge is 2.33. The molecule has 0 fully saturated rings. The summed E-state index contributed by atoms with van der Waals surface area (Å²) in [5.41, 5.74) is 13.3. The number of methoxy groups -OCH3 is 1. The van der Waals surface area contributed by atoms with Crippen LogP contribution in [-0.4, -0.2) is 35.2 Å². The van der Waals surface area contributed by atoms with Gasteiger partial charge in [-0.25, -0.2) is 9.37 Å². The number of pyridine rings is 1. The van der Waals surface area contributed by atoms with Gasteiger partial charge in [-0.3, -0.25) is 0 Å². The number of nitrogens with two attached hydrogens (primary N) is 2. The Labute approximate surface area is 232 Å². The lowest BCUT2D eigenvalue weighted by atomic mass is 9.98. The maximum atomic E-state index is 16.6. The SMILES string of the molecule is C=C/C(c1c(Cl)c2c3c(nc(OC)nc3c1F)N(C(C)c1cccnc1N)CCO2)=c1/c(C#N)c(N)sc1=C. The summed E-state index contributed by atoms with van der Waals surface area (Å²) in [6.07, 6.45) is 3.02. The molecule has 0 aliphatic carbocycles. The molecule has 0 spiro atoms. The molecule has 0 radical (unpaired) electrons. The summed E-state index contributed by atoms with van der Waals surface area (Å²) >= 11 is 8.01. The molecule has 4 heterocycles. The van der Waals surface area contributed by atoms with Crippen LogP contribution < -0.4 is 35.6 Å². The number of hydrogen-bond acceptors (Lipinski definition) is 10. The predicted octanol–water partition coefficient (Wildman–Crippen LogP) is 3.68. The van der Waals surface area contributed by atoms with Gasteiger partial charge in [0.1, 0.15) is 34.8 Å². The topological polar surface area (TPSA) is 136 Å². The Bertz CT molecular complexity index is 1820. The van der Waals surface area contributed by atoms with Crippen LogP contribution in [0.4, 0.5) is 21.0 Å². The quantitative estimate of drug-likeness (QED) is 0.372. The molecule has 1 aliphatic rings. The molecule has 0 saturated carbocycles. The van der Waals surface area contributed by atoms with Crippen molar-refractivity contribution in [2.75, 3.05) is 36.6 Å². The molecular formula is C27H23ClFN7O2S. The lowest BCUT2D eigenvalue weighted by Crippen LogP contribution is -2.31. The van der Waals surface area contributed by atoms with E-state index < -0.39 is 5.82 Å². The molecule has 39 heavy (non-hydrogen) atoms. The largest absolute Gasteiger partial charge is 0.489 e. The second-order valence-electron chi connectivity index (χ2n) is 8.65. The van der Waals surface area contributed by atoms with Gasteiger partial charge in [-0.2, -0.15) is 15.2 Å². The standard InChI is InChI=1S/C27H23ClFN7O2S/c1-5-14(17-13(3)39-25(32)16(17)11-30)18-20(28)23-19-22(21(18)29)34-27(37-4)35-26(19)36(9-10-38-23)12(2)15-7-6-8-33-24(15)31/h5-8,12H,1,3,9-10,32H2,2,4H3,(H2,31,33)/b17-14-. The highest BCUT2D eigenvalue weighted by atomic mass is 35.5. The Morgan fingerprint density at radius 3 is 2.85 bits per heavy atom. The van der Waals surface area contributed by atoms with Crippen LogP contribution in [0.15, 0.2) is 31.0 Å². The van der Waals surface area contributed by atoms with Crippen LogP contribution in [0.2, 0.25) is 5.02 Å². The van der Waals surface area contributed by atoms with E-state index in [1.54, 1.807) is 12.3 Å². The molecule has 1 unspecified atom stereocenters. The maximum Gasteiger partial charge on any atom is 0.318 e. The molecule has 0 saturated heterocycles. The fraction of sp³-hybridized carbons (Fsp3) is 0.185. The van der Waals surface area contributed by atoms with Gasteiger partial charge in [0, 0.05) is 27.1 Å². The summed E-state index contributed by atoms with van der Waals surface area (Å²) in [6.45, 7) is 10.4. The zero-order valence-electron chi connectivity index (χ0n) is 21.1. The van der Waals surface area contributed by atoms with E-state index in [0.29, 0.717) is 27.9 Å². The van der Waals surface area contributed by atoms with Gasteiger partial charge in [0.15, 0.2) is 11.6 Å². The van der Waals surface area contributed by atoms with Crippen molar-refractivity contribution >= 4 is 62.6 Å². The average molecular weight is 564 g/mol. The fourth-order valence-corrected chi connectivity index (χ4v) is 5.97. The van der Waals surface area contributed by atoms with Crippen LogP contribution in [0.3, 0.4) is 0 Å². The Morgan fingerprint density at radius 1 is 1.41 bits per heavy atom. The number of nitriles is 1. The predicted molar refractivity (Wildman–Crippen MR) is 152 cm³/mol. The van der Waals surface area contributed by atoms with Crippen molar-refractivity contribution in [1.82, 2.24) is 15.0 Å². The van der Waals surface area contributed by atoms with E-state index in [0.717, 1.165) is 16.9 Å². The van der Waals surface area contributed by atoms with Crippen molar-refractivity contribution in [3.63, 3.8) is 0 Å². The summed E-state index contributed by atoms with van der Waals surface area (Å²) in [6, 6.07) is 5.37. The van der Waals surface area contributed by atoms with Crippen molar-refractivity contribution in [3.8, 4) is 17.8 Å². The van der Waals surface area contributed by atoms with Crippen molar-refractivity contribution in [1.29, 1.82) is 5.26 Å². The number of halogens is 2. The van der Waals surface area contributed by atoms with Gasteiger partial charge in [-0.05, 0) is 18.6 Å². The number of benzene rings is 1. The molecular weight excluding hydrogens is 541 g/mol. The molecule has 4 N–H and O–H groups in total. The van der Waals surface area contributed by atoms with Crippen molar-refractivity contribution in [2.45, 2.75) is 13.0 Å². The number of rotatable bonds is 5. The lowest BCUT2D eigenvalue weighted by molar-refractivity contribution is 0.328. The number of aromatic nitrogens is 3. The molecule has 9 nitrogen and oxygen atoms in total. The highest BCUT2D eigenvalue weighted by Crippen LogP contribution is 2.47. The Hall–Kier alpha value is -4.40. The molecule has 1 atom stereocenters. The Balaban J connectivity index is 1.88. The van der Waals surface area contributed by atoms with Crippen LogP contribution in [0, 0.1) is 17.1 Å². The van der Waals surface area contributed by atoms with Gasteiger partial charge in [-0.15, -0.1) is 11.3 Å². The minimum atomic E-state index is -0.761. The molecule has 12 heteroatoms. The normalized spacial score (nSPS) is 14.3. The summed E-state index contributed by atoms with van der Waals surface area (Å²) in [7, 11) is 1.40. The van der Waals surface area contributed by atoms with E-state index in [-0.39, 0.29) is 62.0 Å². The van der Waals surface area contributed by atoms with E-state index in [9.17, 15) is 5.26 Å². The van der Waals surface area contributed by atoms with E-state index >= 15 is 4.39 Å². The lowest BCUT2D eigenvalue weighted by Gasteiger charge is -2.30. The monoisotopic (exact) mass is 563 g/mol. The second kappa shape index (κ2) is 10.1. The maximum absolute atomic E-state index is 16.6. The van der Waals surface area contributed by atoms with Crippen LogP contribution >= 0.6 is 22.9 Å². The first kappa shape index (κ1) is 26.2. The van der Waals surface area contributed by atoms with Crippen LogP contribution in [0.5, 0.6) is 11.8 Å². The zero-order chi connectivity index (χ0) is 28.0. The summed E-state index contributed by atoms with van der Waals surface area (Å²) < 4.78 is 28.5. The van der Waals surface area contributed by atoms with E-state index in [1.807, 2.05) is 17.9 Å². The third-order valence-corrected chi connectivity index (χ3v) is 7.86. The summed E-state index contributed by atoms with van der Waals surface area (Å²) in [4.78, 5) is 15.0. The molecule has 5 rings (SSSR count). The smallest absolute Gasteiger partial charge is 0.318 e. The molecule has 4 aromatic rings. The molecule has 1 aliphatic heterocycles.